The Morgan fingerprint density at radius 3 is 3.17 bits per heavy atom. The molecule has 0 saturated carbocycles. The van der Waals surface area contributed by atoms with Gasteiger partial charge in [-0.2, -0.15) is 0 Å². The summed E-state index contributed by atoms with van der Waals surface area (Å²) in [5.74, 6) is -0.245. The summed E-state index contributed by atoms with van der Waals surface area (Å²) >= 11 is 1.29. The number of nitrogens with zero attached hydrogens (tertiary/aromatic N) is 1. The third-order valence-electron chi connectivity index (χ3n) is 3.21. The second-order valence-electron chi connectivity index (χ2n) is 4.86. The van der Waals surface area contributed by atoms with Crippen LogP contribution in [-0.4, -0.2) is 42.8 Å². The summed E-state index contributed by atoms with van der Waals surface area (Å²) in [6.45, 7) is 3.38. The number of hydrogen-bond donors (Lipinski definition) is 1. The quantitative estimate of drug-likeness (QED) is 0.891. The van der Waals surface area contributed by atoms with Crippen molar-refractivity contribution in [1.82, 2.24) is 4.90 Å². The van der Waals surface area contributed by atoms with Crippen LogP contribution in [-0.2, 0) is 11.3 Å². The number of carboxylic acids is 1. The minimum atomic E-state index is -0.825. The molecule has 0 bridgehead atoms. The van der Waals surface area contributed by atoms with Crippen LogP contribution in [0.5, 0.6) is 0 Å². The van der Waals surface area contributed by atoms with Gasteiger partial charge >= 0.3 is 5.97 Å². The lowest BCUT2D eigenvalue weighted by molar-refractivity contribution is 0.0410. The average Bonchev–Trinajstić information content (AvgIpc) is 2.78. The van der Waals surface area contributed by atoms with E-state index in [0.717, 1.165) is 31.7 Å². The van der Waals surface area contributed by atoms with Crippen LogP contribution in [0.25, 0.3) is 0 Å². The highest BCUT2D eigenvalue weighted by Crippen LogP contribution is 2.20. The van der Waals surface area contributed by atoms with E-state index in [-0.39, 0.29) is 0 Å². The maximum Gasteiger partial charge on any atom is 0.346 e. The minimum absolute atomic E-state index is 0.460. The number of rotatable bonds is 5. The molecular formula is C13H19NO3S. The Labute approximate surface area is 111 Å². The lowest BCUT2D eigenvalue weighted by Crippen LogP contribution is -2.30. The summed E-state index contributed by atoms with van der Waals surface area (Å²) in [7, 11) is 2.04. The number of thiophene rings is 1. The highest BCUT2D eigenvalue weighted by atomic mass is 32.1. The van der Waals surface area contributed by atoms with E-state index in [4.69, 9.17) is 9.84 Å². The molecule has 0 radical (unpaired) electrons. The van der Waals surface area contributed by atoms with Crippen molar-refractivity contribution in [2.75, 3.05) is 26.8 Å². The van der Waals surface area contributed by atoms with Crippen LogP contribution in [0.1, 0.15) is 28.1 Å². The van der Waals surface area contributed by atoms with Gasteiger partial charge in [-0.05, 0) is 42.8 Å². The number of carbonyl (C=O) groups is 1. The smallest absolute Gasteiger partial charge is 0.346 e. The summed E-state index contributed by atoms with van der Waals surface area (Å²) in [4.78, 5) is 13.7. The van der Waals surface area contributed by atoms with Gasteiger partial charge in [-0.25, -0.2) is 4.79 Å². The zero-order valence-corrected chi connectivity index (χ0v) is 11.4. The van der Waals surface area contributed by atoms with E-state index in [0.29, 0.717) is 17.3 Å². The Kier molecular flexibility index (Phi) is 4.74. The van der Waals surface area contributed by atoms with Crippen molar-refractivity contribution < 1.29 is 14.6 Å². The van der Waals surface area contributed by atoms with Crippen LogP contribution < -0.4 is 0 Å². The van der Waals surface area contributed by atoms with E-state index in [1.165, 1.54) is 17.8 Å². The molecule has 5 heteroatoms. The van der Waals surface area contributed by atoms with Crippen LogP contribution in [0.3, 0.4) is 0 Å². The molecule has 1 aromatic rings. The first-order valence-electron chi connectivity index (χ1n) is 6.22. The molecule has 0 aliphatic carbocycles. The lowest BCUT2D eigenvalue weighted by Gasteiger charge is -2.27. The SMILES string of the molecule is CN(Cc1ccsc1C(=O)O)CC1CCCOC1. The van der Waals surface area contributed by atoms with Crippen molar-refractivity contribution in [2.45, 2.75) is 19.4 Å². The molecule has 1 aliphatic rings. The molecule has 1 aliphatic heterocycles. The zero-order chi connectivity index (χ0) is 13.0. The standard InChI is InChI=1S/C13H19NO3S/c1-14(7-10-3-2-5-17-9-10)8-11-4-6-18-12(11)13(15)16/h4,6,10H,2-3,5,7-9H2,1H3,(H,15,16). The molecule has 18 heavy (non-hydrogen) atoms. The van der Waals surface area contributed by atoms with E-state index in [2.05, 4.69) is 4.90 Å². The van der Waals surface area contributed by atoms with Gasteiger partial charge < -0.3 is 14.7 Å². The Hall–Kier alpha value is -0.910. The van der Waals surface area contributed by atoms with Gasteiger partial charge in [0.05, 0.1) is 6.61 Å². The molecule has 4 nitrogen and oxygen atoms in total. The highest BCUT2D eigenvalue weighted by Gasteiger charge is 2.18. The van der Waals surface area contributed by atoms with Gasteiger partial charge in [-0.3, -0.25) is 0 Å². The topological polar surface area (TPSA) is 49.8 Å². The number of aromatic carboxylic acids is 1. The summed E-state index contributed by atoms with van der Waals surface area (Å²) in [6, 6.07) is 1.90. The second-order valence-corrected chi connectivity index (χ2v) is 5.78. The number of hydrogen-bond acceptors (Lipinski definition) is 4. The van der Waals surface area contributed by atoms with Crippen molar-refractivity contribution >= 4 is 17.3 Å². The Balaban J connectivity index is 1.88. The monoisotopic (exact) mass is 269 g/mol. The molecule has 1 unspecified atom stereocenters. The van der Waals surface area contributed by atoms with E-state index in [9.17, 15) is 4.79 Å². The predicted octanol–water partition coefficient (Wildman–Crippen LogP) is 2.30. The van der Waals surface area contributed by atoms with Gasteiger partial charge in [0.25, 0.3) is 0 Å². The second kappa shape index (κ2) is 6.31. The summed E-state index contributed by atoms with van der Waals surface area (Å²) < 4.78 is 5.46. The fourth-order valence-corrected chi connectivity index (χ4v) is 3.15. The fraction of sp³-hybridized carbons (Fsp3) is 0.615. The van der Waals surface area contributed by atoms with Gasteiger partial charge in [-0.15, -0.1) is 11.3 Å². The van der Waals surface area contributed by atoms with Gasteiger partial charge in [0, 0.05) is 19.7 Å². The van der Waals surface area contributed by atoms with Crippen LogP contribution >= 0.6 is 11.3 Å². The normalized spacial score (nSPS) is 20.2. The molecule has 0 aromatic carbocycles. The van der Waals surface area contributed by atoms with Crippen LogP contribution in [0, 0.1) is 5.92 Å². The molecule has 2 heterocycles. The predicted molar refractivity (Wildman–Crippen MR) is 71.2 cm³/mol. The Morgan fingerprint density at radius 2 is 2.50 bits per heavy atom. The minimum Gasteiger partial charge on any atom is -0.477 e. The third-order valence-corrected chi connectivity index (χ3v) is 4.15. The van der Waals surface area contributed by atoms with Gasteiger partial charge in [0.2, 0.25) is 0 Å². The first-order valence-corrected chi connectivity index (χ1v) is 7.10. The van der Waals surface area contributed by atoms with Crippen molar-refractivity contribution in [3.63, 3.8) is 0 Å². The first kappa shape index (κ1) is 13.5. The van der Waals surface area contributed by atoms with Crippen molar-refractivity contribution in [3.8, 4) is 0 Å². The van der Waals surface area contributed by atoms with E-state index >= 15 is 0 Å². The molecule has 1 aromatic heterocycles. The zero-order valence-electron chi connectivity index (χ0n) is 10.6. The largest absolute Gasteiger partial charge is 0.477 e. The van der Waals surface area contributed by atoms with Crippen molar-refractivity contribution in [2.24, 2.45) is 5.92 Å². The van der Waals surface area contributed by atoms with Crippen LogP contribution in [0.4, 0.5) is 0 Å². The van der Waals surface area contributed by atoms with E-state index in [1.54, 1.807) is 0 Å². The third kappa shape index (κ3) is 3.54. The van der Waals surface area contributed by atoms with Crippen LogP contribution in [0.2, 0.25) is 0 Å². The lowest BCUT2D eigenvalue weighted by atomic mass is 10.0. The summed E-state index contributed by atoms with van der Waals surface area (Å²) in [5.41, 5.74) is 0.909. The van der Waals surface area contributed by atoms with E-state index < -0.39 is 5.97 Å². The summed E-state index contributed by atoms with van der Waals surface area (Å²) in [5, 5.41) is 10.9. The Morgan fingerprint density at radius 1 is 1.67 bits per heavy atom. The summed E-state index contributed by atoms with van der Waals surface area (Å²) in [6.07, 6.45) is 2.34. The van der Waals surface area contributed by atoms with E-state index in [1.807, 2.05) is 18.5 Å². The van der Waals surface area contributed by atoms with Crippen molar-refractivity contribution in [1.29, 1.82) is 0 Å². The van der Waals surface area contributed by atoms with Crippen molar-refractivity contribution in [3.05, 3.63) is 21.9 Å². The number of carboxylic acid groups (broad SMARTS) is 1. The number of ether oxygens (including phenoxy) is 1. The first-order chi connectivity index (χ1) is 8.66. The molecule has 1 saturated heterocycles. The van der Waals surface area contributed by atoms with Gasteiger partial charge in [-0.1, -0.05) is 0 Å². The fourth-order valence-electron chi connectivity index (χ4n) is 2.40. The molecule has 100 valence electrons. The molecule has 0 spiro atoms. The molecule has 1 atom stereocenters. The Bertz CT molecular complexity index is 399. The van der Waals surface area contributed by atoms with Gasteiger partial charge in [0.1, 0.15) is 4.88 Å². The highest BCUT2D eigenvalue weighted by molar-refractivity contribution is 7.12. The maximum atomic E-state index is 11.0. The molecule has 0 amide bonds. The molecule has 2 rings (SSSR count). The average molecular weight is 269 g/mol. The van der Waals surface area contributed by atoms with Gasteiger partial charge in [0.15, 0.2) is 0 Å². The maximum absolute atomic E-state index is 11.0. The molecular weight excluding hydrogens is 250 g/mol. The molecule has 1 N–H and O–H groups in total. The molecule has 1 fully saturated rings. The van der Waals surface area contributed by atoms with Crippen LogP contribution in [0.15, 0.2) is 11.4 Å².